The zero-order chi connectivity index (χ0) is 15.7. The standard InChI is InChI=1S/C15H20N4O3/c1-9-6-12(10(2)21-9)15-18-17-14(22-15)8-19(3)7-13(20)16-11-4-5-11/h6,11H,4-5,7-8H2,1-3H3,(H,16,20)/p+1. The normalized spacial score (nSPS) is 15.8. The van der Waals surface area contributed by atoms with Gasteiger partial charge in [0.1, 0.15) is 11.5 Å². The van der Waals surface area contributed by atoms with Gasteiger partial charge in [0.05, 0.1) is 12.6 Å². The molecule has 118 valence electrons. The average molecular weight is 305 g/mol. The fourth-order valence-electron chi connectivity index (χ4n) is 2.38. The molecular formula is C15H21N4O3+. The Hall–Kier alpha value is -2.15. The van der Waals surface area contributed by atoms with Crippen molar-refractivity contribution in [3.63, 3.8) is 0 Å². The predicted octanol–water partition coefficient (Wildman–Crippen LogP) is 0.240. The molecule has 1 fully saturated rings. The number of furan rings is 1. The predicted molar refractivity (Wildman–Crippen MR) is 78.1 cm³/mol. The lowest BCUT2D eigenvalue weighted by Gasteiger charge is -2.11. The summed E-state index contributed by atoms with van der Waals surface area (Å²) >= 11 is 0. The Bertz CT molecular complexity index is 672. The van der Waals surface area contributed by atoms with E-state index in [1.54, 1.807) is 0 Å². The topological polar surface area (TPSA) is 85.6 Å². The number of amides is 1. The summed E-state index contributed by atoms with van der Waals surface area (Å²) < 4.78 is 11.1. The van der Waals surface area contributed by atoms with Gasteiger partial charge in [0, 0.05) is 6.04 Å². The Morgan fingerprint density at radius 3 is 2.77 bits per heavy atom. The molecule has 0 aliphatic heterocycles. The van der Waals surface area contributed by atoms with Crippen LogP contribution in [0.3, 0.4) is 0 Å². The third-order valence-corrected chi connectivity index (χ3v) is 3.60. The molecule has 1 unspecified atom stereocenters. The van der Waals surface area contributed by atoms with Gasteiger partial charge in [0.2, 0.25) is 0 Å². The van der Waals surface area contributed by atoms with Crippen molar-refractivity contribution >= 4 is 5.91 Å². The highest BCUT2D eigenvalue weighted by molar-refractivity contribution is 5.77. The van der Waals surface area contributed by atoms with Crippen LogP contribution in [0.5, 0.6) is 0 Å². The Balaban J connectivity index is 1.58. The SMILES string of the molecule is Cc1cc(-c2nnc(C[NH+](C)CC(=O)NC3CC3)o2)c(C)o1. The summed E-state index contributed by atoms with van der Waals surface area (Å²) in [5.74, 6) is 2.62. The van der Waals surface area contributed by atoms with Crippen LogP contribution in [0.2, 0.25) is 0 Å². The van der Waals surface area contributed by atoms with Crippen LogP contribution < -0.4 is 10.2 Å². The summed E-state index contributed by atoms with van der Waals surface area (Å²) in [6.07, 6.45) is 2.20. The molecule has 1 aliphatic carbocycles. The van der Waals surface area contributed by atoms with Crippen molar-refractivity contribution < 1.29 is 18.5 Å². The van der Waals surface area contributed by atoms with E-state index in [0.717, 1.165) is 34.8 Å². The first-order chi connectivity index (χ1) is 10.5. The zero-order valence-electron chi connectivity index (χ0n) is 13.1. The van der Waals surface area contributed by atoms with Gasteiger partial charge in [-0.25, -0.2) is 0 Å². The molecular weight excluding hydrogens is 284 g/mol. The Morgan fingerprint density at radius 2 is 2.14 bits per heavy atom. The zero-order valence-corrected chi connectivity index (χ0v) is 13.1. The molecule has 2 heterocycles. The molecule has 0 saturated heterocycles. The summed E-state index contributed by atoms with van der Waals surface area (Å²) in [4.78, 5) is 12.8. The van der Waals surface area contributed by atoms with E-state index < -0.39 is 0 Å². The number of carbonyl (C=O) groups is 1. The number of aryl methyl sites for hydroxylation is 2. The third kappa shape index (κ3) is 3.54. The van der Waals surface area contributed by atoms with Crippen LogP contribution in [0.15, 0.2) is 14.9 Å². The van der Waals surface area contributed by atoms with Crippen molar-refractivity contribution in [1.29, 1.82) is 0 Å². The van der Waals surface area contributed by atoms with Crippen LogP contribution in [0.4, 0.5) is 0 Å². The highest BCUT2D eigenvalue weighted by atomic mass is 16.4. The first kappa shape index (κ1) is 14.8. The number of hydrogen-bond donors (Lipinski definition) is 2. The number of nitrogens with zero attached hydrogens (tertiary/aromatic N) is 2. The minimum atomic E-state index is 0.0704. The van der Waals surface area contributed by atoms with Gasteiger partial charge in [-0.05, 0) is 32.8 Å². The quantitative estimate of drug-likeness (QED) is 0.798. The fourth-order valence-corrected chi connectivity index (χ4v) is 2.38. The molecule has 7 nitrogen and oxygen atoms in total. The van der Waals surface area contributed by atoms with Crippen molar-refractivity contribution in [2.45, 2.75) is 39.3 Å². The van der Waals surface area contributed by atoms with E-state index in [1.165, 1.54) is 0 Å². The second kappa shape index (κ2) is 5.92. The average Bonchev–Trinajstić information content (AvgIpc) is 3.00. The first-order valence-electron chi connectivity index (χ1n) is 7.51. The summed E-state index contributed by atoms with van der Waals surface area (Å²) in [7, 11) is 1.93. The molecule has 1 saturated carbocycles. The Morgan fingerprint density at radius 1 is 1.36 bits per heavy atom. The van der Waals surface area contributed by atoms with E-state index in [4.69, 9.17) is 8.83 Å². The van der Waals surface area contributed by atoms with Crippen molar-refractivity contribution in [3.05, 3.63) is 23.5 Å². The minimum Gasteiger partial charge on any atom is -0.466 e. The van der Waals surface area contributed by atoms with Crippen LogP contribution in [0.1, 0.15) is 30.3 Å². The van der Waals surface area contributed by atoms with Gasteiger partial charge in [-0.3, -0.25) is 4.79 Å². The largest absolute Gasteiger partial charge is 0.466 e. The summed E-state index contributed by atoms with van der Waals surface area (Å²) in [6, 6.07) is 2.27. The molecule has 22 heavy (non-hydrogen) atoms. The molecule has 1 aliphatic rings. The smallest absolute Gasteiger partial charge is 0.275 e. The number of nitrogens with one attached hydrogen (secondary N) is 2. The lowest BCUT2D eigenvalue weighted by Crippen LogP contribution is -3.09. The number of likely N-dealkylation sites (N-methyl/N-ethyl adjacent to an activating group) is 1. The molecule has 7 heteroatoms. The lowest BCUT2D eigenvalue weighted by molar-refractivity contribution is -0.886. The number of carbonyl (C=O) groups excluding carboxylic acids is 1. The molecule has 1 atom stereocenters. The van der Waals surface area contributed by atoms with Crippen molar-refractivity contribution in [2.24, 2.45) is 0 Å². The Labute approximate surface area is 128 Å². The molecule has 3 rings (SSSR count). The maximum absolute atomic E-state index is 11.8. The third-order valence-electron chi connectivity index (χ3n) is 3.60. The van der Waals surface area contributed by atoms with E-state index in [9.17, 15) is 4.79 Å². The van der Waals surface area contributed by atoms with E-state index in [2.05, 4.69) is 15.5 Å². The van der Waals surface area contributed by atoms with Gasteiger partial charge in [-0.2, -0.15) is 0 Å². The van der Waals surface area contributed by atoms with Gasteiger partial charge in [0.15, 0.2) is 13.1 Å². The number of quaternary nitrogens is 1. The molecule has 2 aromatic rings. The highest BCUT2D eigenvalue weighted by Crippen LogP contribution is 2.25. The first-order valence-corrected chi connectivity index (χ1v) is 7.51. The minimum absolute atomic E-state index is 0.0704. The van der Waals surface area contributed by atoms with Crippen LogP contribution in [0, 0.1) is 13.8 Å². The lowest BCUT2D eigenvalue weighted by atomic mass is 10.2. The van der Waals surface area contributed by atoms with Gasteiger partial charge in [-0.1, -0.05) is 0 Å². The van der Waals surface area contributed by atoms with Gasteiger partial charge >= 0.3 is 0 Å². The second-order valence-corrected chi connectivity index (χ2v) is 5.98. The molecule has 0 spiro atoms. The molecule has 2 aromatic heterocycles. The van der Waals surface area contributed by atoms with Gasteiger partial charge in [0.25, 0.3) is 17.7 Å². The Kier molecular flexibility index (Phi) is 3.98. The monoisotopic (exact) mass is 305 g/mol. The van der Waals surface area contributed by atoms with Crippen molar-refractivity contribution in [1.82, 2.24) is 15.5 Å². The molecule has 2 N–H and O–H groups in total. The summed E-state index contributed by atoms with van der Waals surface area (Å²) in [5.41, 5.74) is 0.820. The van der Waals surface area contributed by atoms with E-state index in [0.29, 0.717) is 30.9 Å². The maximum atomic E-state index is 11.8. The van der Waals surface area contributed by atoms with Gasteiger partial charge in [-0.15, -0.1) is 10.2 Å². The van der Waals surface area contributed by atoms with E-state index in [-0.39, 0.29) is 5.91 Å². The fraction of sp³-hybridized carbons (Fsp3) is 0.533. The van der Waals surface area contributed by atoms with E-state index in [1.807, 2.05) is 27.0 Å². The van der Waals surface area contributed by atoms with Crippen molar-refractivity contribution in [2.75, 3.05) is 13.6 Å². The summed E-state index contributed by atoms with van der Waals surface area (Å²) in [6.45, 7) is 4.66. The second-order valence-electron chi connectivity index (χ2n) is 5.98. The molecule has 1 amide bonds. The van der Waals surface area contributed by atoms with Crippen LogP contribution >= 0.6 is 0 Å². The molecule has 0 radical (unpaired) electrons. The van der Waals surface area contributed by atoms with Crippen molar-refractivity contribution in [3.8, 4) is 11.5 Å². The molecule has 0 bridgehead atoms. The number of hydrogen-bond acceptors (Lipinski definition) is 5. The number of rotatable bonds is 6. The van der Waals surface area contributed by atoms with Crippen LogP contribution in [-0.2, 0) is 11.3 Å². The molecule has 0 aromatic carbocycles. The summed E-state index contributed by atoms with van der Waals surface area (Å²) in [5, 5.41) is 11.1. The van der Waals surface area contributed by atoms with Gasteiger partial charge < -0.3 is 19.1 Å². The van der Waals surface area contributed by atoms with Crippen LogP contribution in [0.25, 0.3) is 11.5 Å². The van der Waals surface area contributed by atoms with Crippen LogP contribution in [-0.4, -0.2) is 35.7 Å². The highest BCUT2D eigenvalue weighted by Gasteiger charge is 2.25. The number of aromatic nitrogens is 2. The van der Waals surface area contributed by atoms with E-state index >= 15 is 0 Å². The maximum Gasteiger partial charge on any atom is 0.275 e.